The zero-order valence-electron chi connectivity index (χ0n) is 17.1. The van der Waals surface area contributed by atoms with Crippen molar-refractivity contribution in [1.29, 1.82) is 5.26 Å². The van der Waals surface area contributed by atoms with Crippen LogP contribution in [0.5, 0.6) is 0 Å². The van der Waals surface area contributed by atoms with E-state index in [0.717, 1.165) is 5.56 Å². The number of rotatable bonds is 7. The first-order valence-electron chi connectivity index (χ1n) is 9.44. The number of urea groups is 1. The van der Waals surface area contributed by atoms with E-state index in [1.165, 1.54) is 13.0 Å². The lowest BCUT2D eigenvalue weighted by atomic mass is 10.1. The molecule has 2 rings (SSSR count). The van der Waals surface area contributed by atoms with Crippen molar-refractivity contribution >= 4 is 23.6 Å². The molecule has 0 aliphatic rings. The largest absolute Gasteiger partial charge is 0.449 e. The third-order valence-corrected chi connectivity index (χ3v) is 3.97. The minimum Gasteiger partial charge on any atom is -0.449 e. The van der Waals surface area contributed by atoms with Gasteiger partial charge in [-0.05, 0) is 56.7 Å². The summed E-state index contributed by atoms with van der Waals surface area (Å²) in [4.78, 5) is 36.1. The lowest BCUT2D eigenvalue weighted by Crippen LogP contribution is -2.39. The highest BCUT2D eigenvalue weighted by Gasteiger charge is 2.19. The van der Waals surface area contributed by atoms with Gasteiger partial charge in [0.2, 0.25) is 0 Å². The van der Waals surface area contributed by atoms with Crippen molar-refractivity contribution in [1.82, 2.24) is 10.6 Å². The zero-order valence-corrected chi connectivity index (χ0v) is 17.1. The van der Waals surface area contributed by atoms with Gasteiger partial charge in [0.15, 0.2) is 6.10 Å². The number of nitrogens with zero attached hydrogens (tertiary/aromatic N) is 1. The molecule has 3 N–H and O–H groups in total. The lowest BCUT2D eigenvalue weighted by Gasteiger charge is -2.14. The molecule has 0 unspecified atom stereocenters. The topological polar surface area (TPSA) is 120 Å². The number of carbonyl (C=O) groups excluding carboxylic acids is 3. The number of benzene rings is 2. The van der Waals surface area contributed by atoms with E-state index in [1.54, 1.807) is 42.5 Å². The Kier molecular flexibility index (Phi) is 7.94. The first kappa shape index (κ1) is 22.4. The molecule has 30 heavy (non-hydrogen) atoms. The molecule has 156 valence electrons. The summed E-state index contributed by atoms with van der Waals surface area (Å²) in [7, 11) is 0. The van der Waals surface area contributed by atoms with Gasteiger partial charge in [-0.1, -0.05) is 18.2 Å². The van der Waals surface area contributed by atoms with Gasteiger partial charge in [0, 0.05) is 18.3 Å². The van der Waals surface area contributed by atoms with Crippen molar-refractivity contribution in [2.75, 3.05) is 5.32 Å². The van der Waals surface area contributed by atoms with E-state index in [0.29, 0.717) is 17.8 Å². The predicted octanol–water partition coefficient (Wildman–Crippen LogP) is 2.95. The van der Waals surface area contributed by atoms with Gasteiger partial charge in [-0.15, -0.1) is 0 Å². The molecule has 0 saturated heterocycles. The third-order valence-electron chi connectivity index (χ3n) is 3.97. The van der Waals surface area contributed by atoms with Crippen LogP contribution in [0.2, 0.25) is 0 Å². The van der Waals surface area contributed by atoms with Crippen molar-refractivity contribution in [3.63, 3.8) is 0 Å². The zero-order chi connectivity index (χ0) is 22.1. The molecule has 2 aromatic rings. The molecule has 0 bridgehead atoms. The smallest absolute Gasteiger partial charge is 0.338 e. The van der Waals surface area contributed by atoms with Crippen LogP contribution >= 0.6 is 0 Å². The van der Waals surface area contributed by atoms with E-state index in [1.807, 2.05) is 19.9 Å². The molecular formula is C22H24N4O4. The predicted molar refractivity (Wildman–Crippen MR) is 112 cm³/mol. The maximum absolute atomic E-state index is 12.3. The molecule has 0 aromatic heterocycles. The van der Waals surface area contributed by atoms with Crippen molar-refractivity contribution in [3.05, 3.63) is 65.2 Å². The minimum atomic E-state index is -1.02. The van der Waals surface area contributed by atoms with E-state index >= 15 is 0 Å². The molecule has 0 fully saturated rings. The SMILES string of the molecule is CC(C)NC(=O)NCc1ccc(C(=O)O[C@@H](C)C(=O)Nc2cccc(C#N)c2)cc1. The summed E-state index contributed by atoms with van der Waals surface area (Å²) in [5, 5.41) is 17.0. The number of hydrogen-bond acceptors (Lipinski definition) is 5. The Morgan fingerprint density at radius 3 is 2.40 bits per heavy atom. The van der Waals surface area contributed by atoms with E-state index in [2.05, 4.69) is 16.0 Å². The van der Waals surface area contributed by atoms with Gasteiger partial charge in [0.05, 0.1) is 17.2 Å². The van der Waals surface area contributed by atoms with Crippen LogP contribution in [-0.2, 0) is 16.1 Å². The molecule has 0 spiro atoms. The third kappa shape index (κ3) is 6.95. The normalized spacial score (nSPS) is 11.2. The molecule has 8 nitrogen and oxygen atoms in total. The fourth-order valence-corrected chi connectivity index (χ4v) is 2.45. The Hall–Kier alpha value is -3.86. The number of esters is 1. The number of ether oxygens (including phenoxy) is 1. The van der Waals surface area contributed by atoms with Crippen LogP contribution in [0.1, 0.15) is 42.3 Å². The number of carbonyl (C=O) groups is 3. The molecule has 0 aliphatic heterocycles. The Morgan fingerprint density at radius 2 is 1.77 bits per heavy atom. The molecule has 3 amide bonds. The molecule has 8 heteroatoms. The highest BCUT2D eigenvalue weighted by atomic mass is 16.5. The Labute approximate surface area is 175 Å². The Bertz CT molecular complexity index is 948. The van der Waals surface area contributed by atoms with Crippen LogP contribution in [0, 0.1) is 11.3 Å². The summed E-state index contributed by atoms with van der Waals surface area (Å²) in [5.74, 6) is -1.14. The second kappa shape index (κ2) is 10.6. The van der Waals surface area contributed by atoms with Gasteiger partial charge >= 0.3 is 12.0 Å². The summed E-state index contributed by atoms with van der Waals surface area (Å²) in [6, 6.07) is 14.7. The first-order valence-corrected chi connectivity index (χ1v) is 9.44. The van der Waals surface area contributed by atoms with Crippen LogP contribution in [0.4, 0.5) is 10.5 Å². The molecule has 0 heterocycles. The number of anilines is 1. The first-order chi connectivity index (χ1) is 14.3. The van der Waals surface area contributed by atoms with Gasteiger partial charge in [0.25, 0.3) is 5.91 Å². The van der Waals surface area contributed by atoms with Crippen LogP contribution in [0.25, 0.3) is 0 Å². The minimum absolute atomic E-state index is 0.0385. The summed E-state index contributed by atoms with van der Waals surface area (Å²) >= 11 is 0. The molecular weight excluding hydrogens is 384 g/mol. The second-order valence-corrected chi connectivity index (χ2v) is 6.91. The highest BCUT2D eigenvalue weighted by molar-refractivity contribution is 5.97. The van der Waals surface area contributed by atoms with Gasteiger partial charge in [0.1, 0.15) is 0 Å². The summed E-state index contributed by atoms with van der Waals surface area (Å²) in [5.41, 5.74) is 1.96. The Morgan fingerprint density at radius 1 is 1.07 bits per heavy atom. The average molecular weight is 408 g/mol. The highest BCUT2D eigenvalue weighted by Crippen LogP contribution is 2.12. The summed E-state index contributed by atoms with van der Waals surface area (Å²) in [6.45, 7) is 5.51. The van der Waals surface area contributed by atoms with Gasteiger partial charge < -0.3 is 20.7 Å². The lowest BCUT2D eigenvalue weighted by molar-refractivity contribution is -0.123. The van der Waals surface area contributed by atoms with Crippen LogP contribution in [-0.4, -0.2) is 30.1 Å². The Balaban J connectivity index is 1.87. The van der Waals surface area contributed by atoms with Gasteiger partial charge in [-0.25, -0.2) is 9.59 Å². The molecule has 0 radical (unpaired) electrons. The van der Waals surface area contributed by atoms with E-state index in [4.69, 9.17) is 10.00 Å². The van der Waals surface area contributed by atoms with Crippen LogP contribution in [0.3, 0.4) is 0 Å². The monoisotopic (exact) mass is 408 g/mol. The van der Waals surface area contributed by atoms with Crippen molar-refractivity contribution < 1.29 is 19.1 Å². The average Bonchev–Trinajstić information content (AvgIpc) is 2.72. The fourth-order valence-electron chi connectivity index (χ4n) is 2.45. The van der Waals surface area contributed by atoms with Crippen molar-refractivity contribution in [3.8, 4) is 6.07 Å². The number of nitriles is 1. The van der Waals surface area contributed by atoms with Crippen LogP contribution in [0.15, 0.2) is 48.5 Å². The number of nitrogens with one attached hydrogen (secondary N) is 3. The van der Waals surface area contributed by atoms with Crippen molar-refractivity contribution in [2.24, 2.45) is 0 Å². The maximum Gasteiger partial charge on any atom is 0.338 e. The second-order valence-electron chi connectivity index (χ2n) is 6.91. The molecule has 0 saturated carbocycles. The van der Waals surface area contributed by atoms with E-state index < -0.39 is 18.0 Å². The quantitative estimate of drug-likeness (QED) is 0.608. The maximum atomic E-state index is 12.3. The van der Waals surface area contributed by atoms with Gasteiger partial charge in [-0.3, -0.25) is 4.79 Å². The molecule has 1 atom stereocenters. The summed E-state index contributed by atoms with van der Waals surface area (Å²) < 4.78 is 5.21. The van der Waals surface area contributed by atoms with Gasteiger partial charge in [-0.2, -0.15) is 5.26 Å². The van der Waals surface area contributed by atoms with E-state index in [9.17, 15) is 14.4 Å². The van der Waals surface area contributed by atoms with E-state index in [-0.39, 0.29) is 17.6 Å². The van der Waals surface area contributed by atoms with Crippen LogP contribution < -0.4 is 16.0 Å². The van der Waals surface area contributed by atoms with Crippen molar-refractivity contribution in [2.45, 2.75) is 39.5 Å². The molecule has 0 aliphatic carbocycles. The fraction of sp³-hybridized carbons (Fsp3) is 0.273. The molecule has 2 aromatic carbocycles. The number of hydrogen-bond donors (Lipinski definition) is 3. The number of amides is 3. The summed E-state index contributed by atoms with van der Waals surface area (Å²) in [6.07, 6.45) is -1.02. The standard InChI is InChI=1S/C22H24N4O4/c1-14(2)25-22(29)24-13-16-7-9-18(10-8-16)21(28)30-15(3)20(27)26-19-6-4-5-17(11-19)12-23/h4-11,14-15H,13H2,1-3H3,(H,26,27)(H2,24,25,29)/t15-/m0/s1.